The number of halogens is 2. The van der Waals surface area contributed by atoms with Gasteiger partial charge >= 0.3 is 0 Å². The van der Waals surface area contributed by atoms with Crippen molar-refractivity contribution in [2.75, 3.05) is 32.1 Å². The van der Waals surface area contributed by atoms with E-state index in [1.807, 2.05) is 6.92 Å². The van der Waals surface area contributed by atoms with Gasteiger partial charge in [-0.1, -0.05) is 23.2 Å². The van der Waals surface area contributed by atoms with Gasteiger partial charge in [0.05, 0.1) is 30.0 Å². The van der Waals surface area contributed by atoms with E-state index in [0.29, 0.717) is 47.5 Å². The van der Waals surface area contributed by atoms with Crippen LogP contribution in [0.4, 0.5) is 5.69 Å². The molecule has 0 aromatic heterocycles. The van der Waals surface area contributed by atoms with E-state index < -0.39 is 5.91 Å². The topological polar surface area (TPSA) is 67.9 Å². The largest absolute Gasteiger partial charge is 0.493 e. The number of carbonyl (C=O) groups excluding carboxylic acids is 2. The molecule has 6 nitrogen and oxygen atoms in total. The van der Waals surface area contributed by atoms with Crippen LogP contribution in [0.25, 0.3) is 0 Å². The van der Waals surface area contributed by atoms with Gasteiger partial charge in [0.1, 0.15) is 0 Å². The first kappa shape index (κ1) is 21.3. The van der Waals surface area contributed by atoms with Crippen LogP contribution in [-0.4, -0.2) is 43.5 Å². The van der Waals surface area contributed by atoms with Crippen LogP contribution >= 0.6 is 23.2 Å². The highest BCUT2D eigenvalue weighted by atomic mass is 35.5. The Hall–Kier alpha value is -2.44. The third kappa shape index (κ3) is 4.77. The second kappa shape index (κ2) is 9.37. The van der Waals surface area contributed by atoms with Crippen molar-refractivity contribution in [3.8, 4) is 11.5 Å². The summed E-state index contributed by atoms with van der Waals surface area (Å²) in [4.78, 5) is 27.5. The maximum absolute atomic E-state index is 12.9. The molecule has 29 heavy (non-hydrogen) atoms. The molecule has 0 bridgehead atoms. The van der Waals surface area contributed by atoms with Crippen LogP contribution < -0.4 is 14.8 Å². The average Bonchev–Trinajstić information content (AvgIpc) is 3.25. The van der Waals surface area contributed by atoms with Gasteiger partial charge in [0.25, 0.3) is 11.8 Å². The molecule has 0 radical (unpaired) electrons. The van der Waals surface area contributed by atoms with E-state index in [1.54, 1.807) is 29.2 Å². The van der Waals surface area contributed by atoms with Crippen molar-refractivity contribution in [2.24, 2.45) is 0 Å². The lowest BCUT2D eigenvalue weighted by Crippen LogP contribution is -2.28. The molecule has 3 rings (SSSR count). The number of carbonyl (C=O) groups is 2. The Labute approximate surface area is 179 Å². The van der Waals surface area contributed by atoms with E-state index in [1.165, 1.54) is 13.2 Å². The quantitative estimate of drug-likeness (QED) is 0.699. The first-order valence-corrected chi connectivity index (χ1v) is 10.1. The number of nitrogens with zero attached hydrogens (tertiary/aromatic N) is 1. The van der Waals surface area contributed by atoms with Crippen LogP contribution in [-0.2, 0) is 0 Å². The summed E-state index contributed by atoms with van der Waals surface area (Å²) in [6, 6.07) is 7.87. The third-order valence-corrected chi connectivity index (χ3v) is 5.15. The van der Waals surface area contributed by atoms with Crippen LogP contribution in [0.15, 0.2) is 30.3 Å². The van der Waals surface area contributed by atoms with Gasteiger partial charge in [0.2, 0.25) is 0 Å². The predicted octanol–water partition coefficient (Wildman–Crippen LogP) is 4.89. The number of hydrogen-bond donors (Lipinski definition) is 1. The molecule has 1 N–H and O–H groups in total. The number of likely N-dealkylation sites (tertiary alicyclic amines) is 1. The summed E-state index contributed by atoms with van der Waals surface area (Å²) in [5.41, 5.74) is 1.03. The molecular weight excluding hydrogens is 415 g/mol. The van der Waals surface area contributed by atoms with Gasteiger partial charge in [-0.3, -0.25) is 9.59 Å². The maximum Gasteiger partial charge on any atom is 0.256 e. The van der Waals surface area contributed by atoms with Crippen molar-refractivity contribution in [3.05, 3.63) is 51.5 Å². The van der Waals surface area contributed by atoms with E-state index in [2.05, 4.69) is 5.32 Å². The zero-order valence-electron chi connectivity index (χ0n) is 16.3. The molecule has 1 fully saturated rings. The molecule has 1 saturated heterocycles. The fourth-order valence-electron chi connectivity index (χ4n) is 3.22. The molecule has 154 valence electrons. The van der Waals surface area contributed by atoms with Crippen molar-refractivity contribution < 1.29 is 19.1 Å². The van der Waals surface area contributed by atoms with Gasteiger partial charge in [0.15, 0.2) is 11.5 Å². The molecule has 0 spiro atoms. The van der Waals surface area contributed by atoms with Gasteiger partial charge in [-0.05, 0) is 50.1 Å². The van der Waals surface area contributed by atoms with E-state index in [9.17, 15) is 9.59 Å². The number of nitrogens with one attached hydrogen (secondary N) is 1. The number of methoxy groups -OCH3 is 1. The number of benzene rings is 2. The highest BCUT2D eigenvalue weighted by Crippen LogP contribution is 2.36. The third-order valence-electron chi connectivity index (χ3n) is 4.63. The Bertz CT molecular complexity index is 927. The number of ether oxygens (including phenoxy) is 2. The molecule has 1 heterocycles. The first-order chi connectivity index (χ1) is 13.9. The van der Waals surface area contributed by atoms with Crippen LogP contribution in [0.2, 0.25) is 10.0 Å². The lowest BCUT2D eigenvalue weighted by atomic mass is 10.1. The van der Waals surface area contributed by atoms with E-state index in [0.717, 1.165) is 12.8 Å². The van der Waals surface area contributed by atoms with Crippen molar-refractivity contribution in [2.45, 2.75) is 19.8 Å². The minimum absolute atomic E-state index is 0.150. The summed E-state index contributed by atoms with van der Waals surface area (Å²) in [6.07, 6.45) is 1.94. The lowest BCUT2D eigenvalue weighted by molar-refractivity contribution is 0.0794. The van der Waals surface area contributed by atoms with Gasteiger partial charge in [-0.25, -0.2) is 0 Å². The Morgan fingerprint density at radius 1 is 1.14 bits per heavy atom. The molecule has 2 amide bonds. The summed E-state index contributed by atoms with van der Waals surface area (Å²) in [7, 11) is 1.47. The Morgan fingerprint density at radius 3 is 2.52 bits per heavy atom. The van der Waals surface area contributed by atoms with Crippen molar-refractivity contribution in [3.63, 3.8) is 0 Å². The highest BCUT2D eigenvalue weighted by Gasteiger charge is 2.24. The molecule has 1 aliphatic rings. The summed E-state index contributed by atoms with van der Waals surface area (Å²) < 4.78 is 10.8. The first-order valence-electron chi connectivity index (χ1n) is 9.35. The van der Waals surface area contributed by atoms with Crippen molar-refractivity contribution in [1.82, 2.24) is 4.90 Å². The lowest BCUT2D eigenvalue weighted by Gasteiger charge is -2.18. The van der Waals surface area contributed by atoms with Crippen molar-refractivity contribution in [1.29, 1.82) is 0 Å². The maximum atomic E-state index is 12.9. The minimum atomic E-state index is -0.425. The van der Waals surface area contributed by atoms with Gasteiger partial charge < -0.3 is 19.7 Å². The molecular formula is C21H22Cl2N2O4. The molecule has 2 aromatic carbocycles. The SMILES string of the molecule is CCOc1c(Cl)cc(C(=O)Nc2ccc(Cl)cc2C(=O)N2CCCC2)cc1OC. The van der Waals surface area contributed by atoms with E-state index in [-0.39, 0.29) is 16.5 Å². The number of rotatable bonds is 6. The van der Waals surface area contributed by atoms with Crippen LogP contribution in [0.5, 0.6) is 11.5 Å². The highest BCUT2D eigenvalue weighted by molar-refractivity contribution is 6.33. The zero-order valence-corrected chi connectivity index (χ0v) is 17.8. The average molecular weight is 437 g/mol. The smallest absolute Gasteiger partial charge is 0.256 e. The molecule has 8 heteroatoms. The molecule has 0 atom stereocenters. The molecule has 1 aliphatic heterocycles. The Balaban J connectivity index is 1.89. The summed E-state index contributed by atoms with van der Waals surface area (Å²) in [6.45, 7) is 3.64. The second-order valence-electron chi connectivity index (χ2n) is 6.57. The molecule has 0 unspecified atom stereocenters. The predicted molar refractivity (Wildman–Crippen MR) is 114 cm³/mol. The van der Waals surface area contributed by atoms with Gasteiger partial charge in [0, 0.05) is 23.7 Å². The normalized spacial score (nSPS) is 13.3. The minimum Gasteiger partial charge on any atom is -0.493 e. The molecule has 2 aromatic rings. The second-order valence-corrected chi connectivity index (χ2v) is 7.41. The monoisotopic (exact) mass is 436 g/mol. The standard InChI is InChI=1S/C21H22Cl2N2O4/c1-3-29-19-16(23)10-13(11-18(19)28-2)20(26)24-17-7-6-14(22)12-15(17)21(27)25-8-4-5-9-25/h6-7,10-12H,3-5,8-9H2,1-2H3,(H,24,26). The number of anilines is 1. The van der Waals surface area contributed by atoms with Crippen molar-refractivity contribution >= 4 is 40.7 Å². The summed E-state index contributed by atoms with van der Waals surface area (Å²) >= 11 is 12.4. The number of amides is 2. The Morgan fingerprint density at radius 2 is 1.86 bits per heavy atom. The fourth-order valence-corrected chi connectivity index (χ4v) is 3.66. The zero-order chi connectivity index (χ0) is 21.0. The van der Waals surface area contributed by atoms with E-state index >= 15 is 0 Å². The van der Waals surface area contributed by atoms with Gasteiger partial charge in [-0.15, -0.1) is 0 Å². The molecule has 0 saturated carbocycles. The van der Waals surface area contributed by atoms with Crippen LogP contribution in [0.1, 0.15) is 40.5 Å². The van der Waals surface area contributed by atoms with Crippen LogP contribution in [0.3, 0.4) is 0 Å². The van der Waals surface area contributed by atoms with Gasteiger partial charge in [-0.2, -0.15) is 0 Å². The molecule has 0 aliphatic carbocycles. The van der Waals surface area contributed by atoms with Crippen LogP contribution in [0, 0.1) is 0 Å². The Kier molecular flexibility index (Phi) is 6.87. The summed E-state index contributed by atoms with van der Waals surface area (Å²) in [5.74, 6) is 0.159. The van der Waals surface area contributed by atoms with E-state index in [4.69, 9.17) is 32.7 Å². The summed E-state index contributed by atoms with van der Waals surface area (Å²) in [5, 5.41) is 3.48. The number of hydrogen-bond acceptors (Lipinski definition) is 4. The fraction of sp³-hybridized carbons (Fsp3) is 0.333.